The topological polar surface area (TPSA) is 93.1 Å². The molecule has 6 heteroatoms. The van der Waals surface area contributed by atoms with Crippen LogP contribution in [0.2, 0.25) is 0 Å². The summed E-state index contributed by atoms with van der Waals surface area (Å²) in [6.07, 6.45) is -1.66. The molecule has 0 fully saturated rings. The van der Waals surface area contributed by atoms with E-state index in [-0.39, 0.29) is 6.61 Å². The number of hydrogen-bond acceptors (Lipinski definition) is 4. The minimum atomic E-state index is -1.21. The zero-order valence-corrected chi connectivity index (χ0v) is 7.65. The van der Waals surface area contributed by atoms with Crippen molar-refractivity contribution in [2.75, 3.05) is 13.2 Å². The predicted octanol–water partition coefficient (Wildman–Crippen LogP) is 1.79. The fourth-order valence-corrected chi connectivity index (χ4v) is 0.313. The summed E-state index contributed by atoms with van der Waals surface area (Å²) < 4.78 is 8.07. The van der Waals surface area contributed by atoms with Crippen LogP contribution in [0.25, 0.3) is 0 Å². The summed E-state index contributed by atoms with van der Waals surface area (Å²) in [5, 5.41) is 15.5. The Kier molecular flexibility index (Phi) is 11.4. The molecule has 0 atom stereocenters. The van der Waals surface area contributed by atoms with Gasteiger partial charge >= 0.3 is 12.3 Å². The van der Waals surface area contributed by atoms with Gasteiger partial charge < -0.3 is 19.7 Å². The van der Waals surface area contributed by atoms with Crippen LogP contribution < -0.4 is 0 Å². The standard InChI is InChI=1S/C4H8O3.C3H6O3/c1-2-3-7-4(5)6;1-2-6-3(4)5/h2-3H2,1H3,(H,5,6);2H2,1H3,(H,4,5). The number of ether oxygens (including phenoxy) is 2. The van der Waals surface area contributed by atoms with Crippen molar-refractivity contribution in [1.82, 2.24) is 0 Å². The smallest absolute Gasteiger partial charge is 0.450 e. The Labute approximate surface area is 76.1 Å². The molecule has 0 radical (unpaired) electrons. The van der Waals surface area contributed by atoms with Gasteiger partial charge in [0.15, 0.2) is 0 Å². The Hall–Kier alpha value is -1.46. The van der Waals surface area contributed by atoms with Gasteiger partial charge in [-0.1, -0.05) is 6.92 Å². The fourth-order valence-electron chi connectivity index (χ4n) is 0.313. The molecule has 0 aromatic carbocycles. The lowest BCUT2D eigenvalue weighted by molar-refractivity contribution is 0.0914. The van der Waals surface area contributed by atoms with Gasteiger partial charge in [0, 0.05) is 0 Å². The number of hydrogen-bond donors (Lipinski definition) is 2. The van der Waals surface area contributed by atoms with E-state index in [0.717, 1.165) is 6.42 Å². The normalized spacial score (nSPS) is 7.85. The van der Waals surface area contributed by atoms with E-state index >= 15 is 0 Å². The first-order valence-corrected chi connectivity index (χ1v) is 3.76. The summed E-state index contributed by atoms with van der Waals surface area (Å²) in [5.74, 6) is 0. The molecule has 0 spiro atoms. The van der Waals surface area contributed by atoms with Crippen LogP contribution in [0.15, 0.2) is 0 Å². The molecule has 0 heterocycles. The quantitative estimate of drug-likeness (QED) is 0.665. The highest BCUT2D eigenvalue weighted by Gasteiger charge is 1.89. The van der Waals surface area contributed by atoms with Crippen molar-refractivity contribution in [2.24, 2.45) is 0 Å². The highest BCUT2D eigenvalue weighted by Crippen LogP contribution is 1.78. The van der Waals surface area contributed by atoms with Crippen LogP contribution in [0, 0.1) is 0 Å². The molecule has 0 aromatic heterocycles. The first kappa shape index (κ1) is 14.1. The Balaban J connectivity index is 0. The molecule has 0 unspecified atom stereocenters. The van der Waals surface area contributed by atoms with E-state index in [1.165, 1.54) is 0 Å². The third kappa shape index (κ3) is 25.0. The summed E-state index contributed by atoms with van der Waals surface area (Å²) in [6.45, 7) is 4.00. The summed E-state index contributed by atoms with van der Waals surface area (Å²) in [5.41, 5.74) is 0. The van der Waals surface area contributed by atoms with Gasteiger partial charge in [-0.15, -0.1) is 0 Å². The van der Waals surface area contributed by atoms with E-state index in [4.69, 9.17) is 10.2 Å². The maximum atomic E-state index is 9.54. The minimum absolute atomic E-state index is 0.231. The second-order valence-corrected chi connectivity index (χ2v) is 1.81. The molecule has 0 bridgehead atoms. The fraction of sp³-hybridized carbons (Fsp3) is 0.714. The lowest BCUT2D eigenvalue weighted by atomic mass is 10.5. The molecule has 0 rings (SSSR count). The number of rotatable bonds is 3. The molecule has 0 saturated carbocycles. The molecule has 13 heavy (non-hydrogen) atoms. The molecule has 0 aliphatic heterocycles. The van der Waals surface area contributed by atoms with Gasteiger partial charge in [0.25, 0.3) is 0 Å². The lowest BCUT2D eigenvalue weighted by Gasteiger charge is -1.91. The predicted molar refractivity (Wildman–Crippen MR) is 43.9 cm³/mol. The average Bonchev–Trinajstić information content (AvgIpc) is 2.01. The average molecular weight is 194 g/mol. The van der Waals surface area contributed by atoms with Crippen molar-refractivity contribution >= 4 is 12.3 Å². The van der Waals surface area contributed by atoms with Gasteiger partial charge in [-0.2, -0.15) is 0 Å². The van der Waals surface area contributed by atoms with Crippen LogP contribution in [0.5, 0.6) is 0 Å². The molecule has 78 valence electrons. The van der Waals surface area contributed by atoms with E-state index in [1.807, 2.05) is 6.92 Å². The van der Waals surface area contributed by atoms with Crippen molar-refractivity contribution < 1.29 is 29.3 Å². The molecule has 6 nitrogen and oxygen atoms in total. The molecule has 0 saturated heterocycles. The van der Waals surface area contributed by atoms with Crippen LogP contribution in [0.1, 0.15) is 20.3 Å². The zero-order valence-electron chi connectivity index (χ0n) is 7.65. The molecule has 0 aliphatic rings. The van der Waals surface area contributed by atoms with Crippen LogP contribution in [0.3, 0.4) is 0 Å². The third-order valence-electron chi connectivity index (χ3n) is 0.697. The zero-order chi connectivity index (χ0) is 10.7. The Morgan fingerprint density at radius 1 is 1.08 bits per heavy atom. The number of carboxylic acid groups (broad SMARTS) is 2. The van der Waals surface area contributed by atoms with Crippen LogP contribution in [-0.2, 0) is 9.47 Å². The highest BCUT2D eigenvalue weighted by atomic mass is 16.7. The Morgan fingerprint density at radius 3 is 1.62 bits per heavy atom. The third-order valence-corrected chi connectivity index (χ3v) is 0.697. The minimum Gasteiger partial charge on any atom is -0.450 e. The Morgan fingerprint density at radius 2 is 1.54 bits per heavy atom. The van der Waals surface area contributed by atoms with Gasteiger partial charge in [0.05, 0.1) is 13.2 Å². The summed E-state index contributed by atoms with van der Waals surface area (Å²) >= 11 is 0. The van der Waals surface area contributed by atoms with Crippen molar-refractivity contribution in [3.8, 4) is 0 Å². The second-order valence-electron chi connectivity index (χ2n) is 1.81. The first-order valence-electron chi connectivity index (χ1n) is 3.76. The van der Waals surface area contributed by atoms with Crippen LogP contribution >= 0.6 is 0 Å². The monoisotopic (exact) mass is 194 g/mol. The first-order chi connectivity index (χ1) is 6.04. The van der Waals surface area contributed by atoms with Gasteiger partial charge in [0.1, 0.15) is 0 Å². The summed E-state index contributed by atoms with van der Waals surface area (Å²) in [6, 6.07) is 0. The van der Waals surface area contributed by atoms with E-state index in [2.05, 4.69) is 9.47 Å². The molecule has 0 amide bonds. The van der Waals surface area contributed by atoms with Crippen LogP contribution in [-0.4, -0.2) is 35.7 Å². The van der Waals surface area contributed by atoms with Gasteiger partial charge in [-0.3, -0.25) is 0 Å². The highest BCUT2D eigenvalue weighted by molar-refractivity contribution is 5.56. The summed E-state index contributed by atoms with van der Waals surface area (Å²) in [4.78, 5) is 18.9. The van der Waals surface area contributed by atoms with Gasteiger partial charge in [-0.05, 0) is 13.3 Å². The van der Waals surface area contributed by atoms with Gasteiger partial charge in [-0.25, -0.2) is 9.59 Å². The molecular formula is C7H14O6. The summed E-state index contributed by atoms with van der Waals surface area (Å²) in [7, 11) is 0. The molecular weight excluding hydrogens is 180 g/mol. The largest absolute Gasteiger partial charge is 0.505 e. The Bertz CT molecular complexity index is 144. The molecule has 0 aromatic rings. The number of carbonyl (C=O) groups is 2. The van der Waals surface area contributed by atoms with E-state index in [1.54, 1.807) is 6.92 Å². The van der Waals surface area contributed by atoms with Crippen LogP contribution in [0.4, 0.5) is 9.59 Å². The van der Waals surface area contributed by atoms with Crippen molar-refractivity contribution in [3.63, 3.8) is 0 Å². The maximum Gasteiger partial charge on any atom is 0.505 e. The molecule has 2 N–H and O–H groups in total. The van der Waals surface area contributed by atoms with Crippen molar-refractivity contribution in [3.05, 3.63) is 0 Å². The van der Waals surface area contributed by atoms with E-state index < -0.39 is 12.3 Å². The van der Waals surface area contributed by atoms with E-state index in [9.17, 15) is 9.59 Å². The van der Waals surface area contributed by atoms with Gasteiger partial charge in [0.2, 0.25) is 0 Å². The SMILES string of the molecule is CCCOC(=O)O.CCOC(=O)O. The lowest BCUT2D eigenvalue weighted by Crippen LogP contribution is -1.99. The maximum absolute atomic E-state index is 9.54. The van der Waals surface area contributed by atoms with Crippen molar-refractivity contribution in [1.29, 1.82) is 0 Å². The van der Waals surface area contributed by atoms with E-state index in [0.29, 0.717) is 6.61 Å². The molecule has 0 aliphatic carbocycles. The van der Waals surface area contributed by atoms with Crippen molar-refractivity contribution in [2.45, 2.75) is 20.3 Å². The second kappa shape index (κ2) is 10.5.